The monoisotopic (exact) mass is 364 g/mol. The Balaban J connectivity index is 1.77. The number of aromatic nitrogens is 3. The second kappa shape index (κ2) is 5.87. The lowest BCUT2D eigenvalue weighted by Gasteiger charge is -2.13. The molecule has 0 aliphatic carbocycles. The van der Waals surface area contributed by atoms with Crippen molar-refractivity contribution < 1.29 is 0 Å². The SMILES string of the molecule is Cc1cc(C(C)NCc2cnc3cnc(Br)cn23)c(C)s1. The van der Waals surface area contributed by atoms with E-state index in [0.29, 0.717) is 6.04 Å². The van der Waals surface area contributed by atoms with Gasteiger partial charge in [-0.25, -0.2) is 9.97 Å². The van der Waals surface area contributed by atoms with Crippen LogP contribution in [0, 0.1) is 13.8 Å². The van der Waals surface area contributed by atoms with Gasteiger partial charge in [0, 0.05) is 28.5 Å². The van der Waals surface area contributed by atoms with E-state index < -0.39 is 0 Å². The molecular weight excluding hydrogens is 348 g/mol. The van der Waals surface area contributed by atoms with Gasteiger partial charge in [-0.05, 0) is 48.3 Å². The van der Waals surface area contributed by atoms with Crippen LogP contribution in [0.1, 0.15) is 34.0 Å². The predicted octanol–water partition coefficient (Wildman–Crippen LogP) is 4.02. The van der Waals surface area contributed by atoms with Crippen LogP contribution in [0.15, 0.2) is 29.3 Å². The first kappa shape index (κ1) is 14.7. The number of hydrogen-bond acceptors (Lipinski definition) is 4. The summed E-state index contributed by atoms with van der Waals surface area (Å²) in [5.41, 5.74) is 3.38. The quantitative estimate of drug-likeness (QED) is 0.759. The molecule has 0 amide bonds. The Morgan fingerprint density at radius 3 is 2.86 bits per heavy atom. The maximum Gasteiger partial charge on any atom is 0.155 e. The molecule has 0 aromatic carbocycles. The number of nitrogens with zero attached hydrogens (tertiary/aromatic N) is 3. The van der Waals surface area contributed by atoms with Gasteiger partial charge in [0.2, 0.25) is 0 Å². The lowest BCUT2D eigenvalue weighted by molar-refractivity contribution is 0.565. The Labute approximate surface area is 136 Å². The molecule has 1 N–H and O–H groups in total. The largest absolute Gasteiger partial charge is 0.305 e. The fourth-order valence-corrected chi connectivity index (χ4v) is 3.82. The molecule has 1 atom stereocenters. The molecule has 0 saturated carbocycles. The van der Waals surface area contributed by atoms with E-state index in [2.05, 4.69) is 62.5 Å². The minimum absolute atomic E-state index is 0.325. The standard InChI is InChI=1S/C15H17BrN4S/c1-9-4-13(11(3)21-9)10(2)17-5-12-6-19-15-7-18-14(16)8-20(12)15/h4,6-8,10,17H,5H2,1-3H3. The van der Waals surface area contributed by atoms with Gasteiger partial charge in [0.15, 0.2) is 5.65 Å². The average Bonchev–Trinajstić information content (AvgIpc) is 2.99. The Bertz CT molecular complexity index is 777. The normalized spacial score (nSPS) is 13.0. The third-order valence-corrected chi connectivity index (χ3v) is 4.97. The maximum absolute atomic E-state index is 4.37. The lowest BCUT2D eigenvalue weighted by atomic mass is 10.1. The summed E-state index contributed by atoms with van der Waals surface area (Å²) in [5, 5.41) is 3.58. The molecule has 21 heavy (non-hydrogen) atoms. The second-order valence-corrected chi connectivity index (χ2v) is 7.43. The summed E-state index contributed by atoms with van der Waals surface area (Å²) in [5.74, 6) is 0. The van der Waals surface area contributed by atoms with Gasteiger partial charge in [-0.15, -0.1) is 11.3 Å². The van der Waals surface area contributed by atoms with Crippen molar-refractivity contribution in [1.82, 2.24) is 19.7 Å². The van der Waals surface area contributed by atoms with Crippen LogP contribution < -0.4 is 5.32 Å². The van der Waals surface area contributed by atoms with Crippen LogP contribution in [0.2, 0.25) is 0 Å². The molecule has 4 nitrogen and oxygen atoms in total. The Morgan fingerprint density at radius 1 is 1.33 bits per heavy atom. The first-order valence-corrected chi connectivity index (χ1v) is 8.43. The molecule has 0 aliphatic heterocycles. The van der Waals surface area contributed by atoms with Gasteiger partial charge in [0.25, 0.3) is 0 Å². The summed E-state index contributed by atoms with van der Waals surface area (Å²) < 4.78 is 2.87. The van der Waals surface area contributed by atoms with Crippen molar-refractivity contribution in [3.63, 3.8) is 0 Å². The van der Waals surface area contributed by atoms with Crippen molar-refractivity contribution in [2.75, 3.05) is 0 Å². The minimum Gasteiger partial charge on any atom is -0.305 e. The molecule has 0 bridgehead atoms. The van der Waals surface area contributed by atoms with Crippen molar-refractivity contribution >= 4 is 32.9 Å². The molecule has 0 saturated heterocycles. The fourth-order valence-electron chi connectivity index (χ4n) is 2.49. The maximum atomic E-state index is 4.37. The summed E-state index contributed by atoms with van der Waals surface area (Å²) in [6.07, 6.45) is 5.61. The van der Waals surface area contributed by atoms with Gasteiger partial charge < -0.3 is 5.32 Å². The van der Waals surface area contributed by atoms with E-state index >= 15 is 0 Å². The van der Waals surface area contributed by atoms with E-state index in [1.807, 2.05) is 23.7 Å². The number of imidazole rings is 1. The number of halogens is 1. The molecule has 3 rings (SSSR count). The molecule has 1 unspecified atom stereocenters. The van der Waals surface area contributed by atoms with Crippen LogP contribution in [-0.2, 0) is 6.54 Å². The van der Waals surface area contributed by atoms with E-state index in [1.165, 1.54) is 15.3 Å². The summed E-state index contributed by atoms with van der Waals surface area (Å²) in [6, 6.07) is 2.60. The first-order valence-electron chi connectivity index (χ1n) is 6.82. The van der Waals surface area contributed by atoms with Crippen LogP contribution >= 0.6 is 27.3 Å². The van der Waals surface area contributed by atoms with Crippen LogP contribution in [0.3, 0.4) is 0 Å². The van der Waals surface area contributed by atoms with Crippen molar-refractivity contribution in [2.45, 2.75) is 33.4 Å². The van der Waals surface area contributed by atoms with Crippen molar-refractivity contribution in [2.24, 2.45) is 0 Å². The molecule has 6 heteroatoms. The van der Waals surface area contributed by atoms with Gasteiger partial charge in [-0.2, -0.15) is 0 Å². The van der Waals surface area contributed by atoms with E-state index in [0.717, 1.165) is 22.5 Å². The molecule has 3 heterocycles. The van der Waals surface area contributed by atoms with Gasteiger partial charge in [0.1, 0.15) is 4.60 Å². The van der Waals surface area contributed by atoms with Gasteiger partial charge >= 0.3 is 0 Å². The van der Waals surface area contributed by atoms with E-state index in [-0.39, 0.29) is 0 Å². The van der Waals surface area contributed by atoms with Crippen molar-refractivity contribution in [3.8, 4) is 0 Å². The predicted molar refractivity (Wildman–Crippen MR) is 89.7 cm³/mol. The number of fused-ring (bicyclic) bond motifs is 1. The highest BCUT2D eigenvalue weighted by molar-refractivity contribution is 9.10. The zero-order chi connectivity index (χ0) is 15.0. The average molecular weight is 365 g/mol. The lowest BCUT2D eigenvalue weighted by Crippen LogP contribution is -2.19. The first-order chi connectivity index (χ1) is 10.0. The number of thiophene rings is 1. The van der Waals surface area contributed by atoms with Crippen LogP contribution in [0.4, 0.5) is 0 Å². The fraction of sp³-hybridized carbons (Fsp3) is 0.333. The third kappa shape index (κ3) is 3.02. The van der Waals surface area contributed by atoms with Crippen molar-refractivity contribution in [3.05, 3.63) is 50.3 Å². The van der Waals surface area contributed by atoms with Gasteiger partial charge in [-0.3, -0.25) is 4.40 Å². The number of hydrogen-bond donors (Lipinski definition) is 1. The molecule has 0 radical (unpaired) electrons. The molecule has 110 valence electrons. The second-order valence-electron chi connectivity index (χ2n) is 5.16. The molecule has 0 aliphatic rings. The van der Waals surface area contributed by atoms with Crippen LogP contribution in [0.5, 0.6) is 0 Å². The highest BCUT2D eigenvalue weighted by atomic mass is 79.9. The summed E-state index contributed by atoms with van der Waals surface area (Å²) in [4.78, 5) is 11.3. The van der Waals surface area contributed by atoms with E-state index in [9.17, 15) is 0 Å². The zero-order valence-electron chi connectivity index (χ0n) is 12.2. The van der Waals surface area contributed by atoms with E-state index in [4.69, 9.17) is 0 Å². The molecule has 3 aromatic rings. The van der Waals surface area contributed by atoms with Crippen LogP contribution in [-0.4, -0.2) is 14.4 Å². The summed E-state index contributed by atoms with van der Waals surface area (Å²) in [6.45, 7) is 7.31. The third-order valence-electron chi connectivity index (χ3n) is 3.58. The number of nitrogens with one attached hydrogen (secondary N) is 1. The van der Waals surface area contributed by atoms with Gasteiger partial charge in [0.05, 0.1) is 18.1 Å². The Kier molecular flexibility index (Phi) is 4.10. The smallest absolute Gasteiger partial charge is 0.155 e. The van der Waals surface area contributed by atoms with Crippen LogP contribution in [0.25, 0.3) is 5.65 Å². The van der Waals surface area contributed by atoms with E-state index in [1.54, 1.807) is 6.20 Å². The number of aryl methyl sites for hydroxylation is 2. The number of rotatable bonds is 4. The molecule has 3 aromatic heterocycles. The highest BCUT2D eigenvalue weighted by Gasteiger charge is 2.12. The Hall–Kier alpha value is -1.24. The highest BCUT2D eigenvalue weighted by Crippen LogP contribution is 2.26. The topological polar surface area (TPSA) is 42.2 Å². The molecule has 0 spiro atoms. The zero-order valence-corrected chi connectivity index (χ0v) is 14.6. The summed E-state index contributed by atoms with van der Waals surface area (Å²) in [7, 11) is 0. The Morgan fingerprint density at radius 2 is 2.14 bits per heavy atom. The summed E-state index contributed by atoms with van der Waals surface area (Å²) >= 11 is 5.25. The minimum atomic E-state index is 0.325. The molecular formula is C15H17BrN4S. The molecule has 0 fully saturated rings. The van der Waals surface area contributed by atoms with Crippen molar-refractivity contribution in [1.29, 1.82) is 0 Å². The van der Waals surface area contributed by atoms with Gasteiger partial charge in [-0.1, -0.05) is 0 Å².